The lowest BCUT2D eigenvalue weighted by Gasteiger charge is -2.18. The van der Waals surface area contributed by atoms with Crippen LogP contribution < -0.4 is 11.3 Å². The van der Waals surface area contributed by atoms with E-state index >= 15 is 0 Å². The van der Waals surface area contributed by atoms with Gasteiger partial charge in [-0.3, -0.25) is 11.3 Å². The first-order valence-corrected chi connectivity index (χ1v) is 5.41. The minimum absolute atomic E-state index is 0.0400. The van der Waals surface area contributed by atoms with Crippen molar-refractivity contribution in [3.05, 3.63) is 35.6 Å². The van der Waals surface area contributed by atoms with Crippen LogP contribution in [0.3, 0.4) is 0 Å². The summed E-state index contributed by atoms with van der Waals surface area (Å²) in [4.78, 5) is 0. The van der Waals surface area contributed by atoms with Gasteiger partial charge in [0.05, 0.1) is 6.10 Å². The standard InChI is InChI=1S/C12H19FN2O/c1-9(16-2)3-8-12(15-14)10-4-6-11(13)7-5-10/h4-7,9,12,15H,3,8,14H2,1-2H3. The molecule has 0 aromatic heterocycles. The van der Waals surface area contributed by atoms with Gasteiger partial charge < -0.3 is 4.74 Å². The van der Waals surface area contributed by atoms with Gasteiger partial charge in [-0.05, 0) is 37.5 Å². The number of ether oxygens (including phenoxy) is 1. The van der Waals surface area contributed by atoms with Crippen LogP contribution >= 0.6 is 0 Å². The SMILES string of the molecule is COC(C)CCC(NN)c1ccc(F)cc1. The van der Waals surface area contributed by atoms with Crippen molar-refractivity contribution in [3.63, 3.8) is 0 Å². The predicted octanol–water partition coefficient (Wildman–Crippen LogP) is 2.15. The van der Waals surface area contributed by atoms with Crippen LogP contribution in [0.1, 0.15) is 31.4 Å². The molecule has 1 aromatic carbocycles. The minimum Gasteiger partial charge on any atom is -0.382 e. The highest BCUT2D eigenvalue weighted by atomic mass is 19.1. The molecule has 0 heterocycles. The molecule has 16 heavy (non-hydrogen) atoms. The number of hydrazine groups is 1. The van der Waals surface area contributed by atoms with Gasteiger partial charge in [-0.1, -0.05) is 12.1 Å². The van der Waals surface area contributed by atoms with Gasteiger partial charge in [0.25, 0.3) is 0 Å². The maximum atomic E-state index is 12.8. The van der Waals surface area contributed by atoms with Crippen molar-refractivity contribution < 1.29 is 9.13 Å². The number of rotatable bonds is 6. The molecule has 1 rings (SSSR count). The van der Waals surface area contributed by atoms with Gasteiger partial charge in [-0.25, -0.2) is 4.39 Å². The van der Waals surface area contributed by atoms with Crippen molar-refractivity contribution >= 4 is 0 Å². The van der Waals surface area contributed by atoms with Gasteiger partial charge in [0.15, 0.2) is 0 Å². The van der Waals surface area contributed by atoms with E-state index in [1.807, 2.05) is 6.92 Å². The first-order valence-electron chi connectivity index (χ1n) is 5.41. The first kappa shape index (κ1) is 13.1. The van der Waals surface area contributed by atoms with Gasteiger partial charge >= 0.3 is 0 Å². The maximum Gasteiger partial charge on any atom is 0.123 e. The Bertz CT molecular complexity index is 302. The Kier molecular flexibility index (Phi) is 5.38. The molecular formula is C12H19FN2O. The van der Waals surface area contributed by atoms with Crippen LogP contribution in [0, 0.1) is 5.82 Å². The lowest BCUT2D eigenvalue weighted by molar-refractivity contribution is 0.106. The Morgan fingerprint density at radius 1 is 1.31 bits per heavy atom. The largest absolute Gasteiger partial charge is 0.382 e. The first-order chi connectivity index (χ1) is 7.67. The number of hydrogen-bond donors (Lipinski definition) is 2. The molecule has 0 aliphatic heterocycles. The third-order valence-electron chi connectivity index (χ3n) is 2.74. The highest BCUT2D eigenvalue weighted by Gasteiger charge is 2.11. The Morgan fingerprint density at radius 3 is 2.44 bits per heavy atom. The summed E-state index contributed by atoms with van der Waals surface area (Å²) in [5.74, 6) is 5.25. The van der Waals surface area contributed by atoms with Crippen molar-refractivity contribution in [3.8, 4) is 0 Å². The van der Waals surface area contributed by atoms with E-state index in [0.29, 0.717) is 0 Å². The Balaban J connectivity index is 2.57. The number of nitrogens with one attached hydrogen (secondary N) is 1. The van der Waals surface area contributed by atoms with Gasteiger partial charge in [0.2, 0.25) is 0 Å². The van der Waals surface area contributed by atoms with Crippen molar-refractivity contribution in [1.29, 1.82) is 0 Å². The fourth-order valence-electron chi connectivity index (χ4n) is 1.56. The quantitative estimate of drug-likeness (QED) is 0.577. The lowest BCUT2D eigenvalue weighted by Crippen LogP contribution is -2.28. The van der Waals surface area contributed by atoms with Gasteiger partial charge in [0.1, 0.15) is 5.82 Å². The van der Waals surface area contributed by atoms with E-state index in [-0.39, 0.29) is 18.0 Å². The number of halogens is 1. The fourth-order valence-corrected chi connectivity index (χ4v) is 1.56. The van der Waals surface area contributed by atoms with Crippen molar-refractivity contribution in [2.24, 2.45) is 5.84 Å². The summed E-state index contributed by atoms with van der Waals surface area (Å²) >= 11 is 0. The molecule has 2 atom stereocenters. The van der Waals surface area contributed by atoms with Gasteiger partial charge in [-0.15, -0.1) is 0 Å². The molecule has 3 nitrogen and oxygen atoms in total. The normalized spacial score (nSPS) is 14.8. The van der Waals surface area contributed by atoms with Gasteiger partial charge in [-0.2, -0.15) is 0 Å². The maximum absolute atomic E-state index is 12.8. The minimum atomic E-state index is -0.232. The van der Waals surface area contributed by atoms with Crippen molar-refractivity contribution in [2.45, 2.75) is 31.9 Å². The third kappa shape index (κ3) is 3.89. The molecule has 0 spiro atoms. The second-order valence-electron chi connectivity index (χ2n) is 3.89. The average Bonchev–Trinajstić information content (AvgIpc) is 2.31. The Labute approximate surface area is 95.8 Å². The molecule has 2 unspecified atom stereocenters. The predicted molar refractivity (Wildman–Crippen MR) is 62.2 cm³/mol. The molecule has 0 radical (unpaired) electrons. The van der Waals surface area contributed by atoms with E-state index in [9.17, 15) is 4.39 Å². The summed E-state index contributed by atoms with van der Waals surface area (Å²) in [5, 5.41) is 0. The van der Waals surface area contributed by atoms with E-state index in [1.54, 1.807) is 19.2 Å². The topological polar surface area (TPSA) is 47.3 Å². The van der Waals surface area contributed by atoms with Crippen molar-refractivity contribution in [1.82, 2.24) is 5.43 Å². The molecular weight excluding hydrogens is 207 g/mol. The molecule has 0 saturated carbocycles. The molecule has 0 bridgehead atoms. The summed E-state index contributed by atoms with van der Waals surface area (Å²) in [6, 6.07) is 6.42. The molecule has 1 aromatic rings. The van der Waals surface area contributed by atoms with E-state index in [0.717, 1.165) is 18.4 Å². The molecule has 0 saturated heterocycles. The summed E-state index contributed by atoms with van der Waals surface area (Å²) in [6.45, 7) is 2.01. The fraction of sp³-hybridized carbons (Fsp3) is 0.500. The molecule has 0 amide bonds. The smallest absolute Gasteiger partial charge is 0.123 e. The van der Waals surface area contributed by atoms with Crippen molar-refractivity contribution in [2.75, 3.05) is 7.11 Å². The number of hydrogen-bond acceptors (Lipinski definition) is 3. The summed E-state index contributed by atoms with van der Waals surface area (Å²) in [5.41, 5.74) is 3.73. The van der Waals surface area contributed by atoms with Crippen LogP contribution in [0.2, 0.25) is 0 Å². The summed E-state index contributed by atoms with van der Waals surface area (Å²) < 4.78 is 17.9. The van der Waals surface area contributed by atoms with Crippen LogP contribution in [0.4, 0.5) is 4.39 Å². The molecule has 0 fully saturated rings. The third-order valence-corrected chi connectivity index (χ3v) is 2.74. The van der Waals surface area contributed by atoms with E-state index in [2.05, 4.69) is 5.43 Å². The van der Waals surface area contributed by atoms with Crippen LogP contribution in [-0.2, 0) is 4.74 Å². The average molecular weight is 226 g/mol. The van der Waals surface area contributed by atoms with Crippen LogP contribution in [0.25, 0.3) is 0 Å². The monoisotopic (exact) mass is 226 g/mol. The highest BCUT2D eigenvalue weighted by Crippen LogP contribution is 2.19. The molecule has 0 aliphatic carbocycles. The zero-order valence-corrected chi connectivity index (χ0v) is 9.74. The second kappa shape index (κ2) is 6.58. The van der Waals surface area contributed by atoms with Crippen LogP contribution in [0.15, 0.2) is 24.3 Å². The second-order valence-corrected chi connectivity index (χ2v) is 3.89. The zero-order chi connectivity index (χ0) is 12.0. The molecule has 90 valence electrons. The highest BCUT2D eigenvalue weighted by molar-refractivity contribution is 5.19. The number of methoxy groups -OCH3 is 1. The number of benzene rings is 1. The van der Waals surface area contributed by atoms with Crippen LogP contribution in [-0.4, -0.2) is 13.2 Å². The van der Waals surface area contributed by atoms with Gasteiger partial charge in [0, 0.05) is 13.2 Å². The molecule has 4 heteroatoms. The van der Waals surface area contributed by atoms with Crippen LogP contribution in [0.5, 0.6) is 0 Å². The Hall–Kier alpha value is -0.970. The molecule has 0 aliphatic rings. The Morgan fingerprint density at radius 2 is 1.94 bits per heavy atom. The van der Waals surface area contributed by atoms with E-state index in [4.69, 9.17) is 10.6 Å². The van der Waals surface area contributed by atoms with E-state index < -0.39 is 0 Å². The summed E-state index contributed by atoms with van der Waals surface area (Å²) in [7, 11) is 1.69. The number of nitrogens with two attached hydrogens (primary N) is 1. The lowest BCUT2D eigenvalue weighted by atomic mass is 10.0. The summed E-state index contributed by atoms with van der Waals surface area (Å²) in [6.07, 6.45) is 1.97. The molecule has 3 N–H and O–H groups in total. The zero-order valence-electron chi connectivity index (χ0n) is 9.74. The van der Waals surface area contributed by atoms with E-state index in [1.165, 1.54) is 12.1 Å².